The molecule has 128 valence electrons. The summed E-state index contributed by atoms with van der Waals surface area (Å²) in [6.07, 6.45) is -4.82. The molecule has 0 fully saturated rings. The molecular formula is C12H7ClF4N4O3. The molecule has 0 unspecified atom stereocenters. The second kappa shape index (κ2) is 6.83. The number of carbonyl (C=O) groups excluding carboxylic acids is 2. The van der Waals surface area contributed by atoms with Crippen LogP contribution in [0.3, 0.4) is 0 Å². The Balaban J connectivity index is 2.20. The van der Waals surface area contributed by atoms with Crippen LogP contribution >= 0.6 is 11.6 Å². The van der Waals surface area contributed by atoms with E-state index in [9.17, 15) is 27.2 Å². The van der Waals surface area contributed by atoms with Gasteiger partial charge in [0.05, 0.1) is 11.6 Å². The van der Waals surface area contributed by atoms with Crippen LogP contribution in [-0.4, -0.2) is 28.8 Å². The molecule has 0 aliphatic rings. The summed E-state index contributed by atoms with van der Waals surface area (Å²) in [4.78, 5) is 23.0. The van der Waals surface area contributed by atoms with Gasteiger partial charge in [0.1, 0.15) is 11.5 Å². The maximum Gasteiger partial charge on any atom is 0.471 e. The van der Waals surface area contributed by atoms with Crippen LogP contribution in [-0.2, 0) is 16.1 Å². The van der Waals surface area contributed by atoms with Gasteiger partial charge in [0.15, 0.2) is 0 Å². The number of benzene rings is 1. The number of aromatic nitrogens is 2. The molecule has 1 heterocycles. The van der Waals surface area contributed by atoms with Gasteiger partial charge in [-0.2, -0.15) is 13.2 Å². The standard InChI is InChI=1S/C12H7ClF4N4O3/c13-7-3-6(1-2-8(7)14)21(5-22)4-9-10(20-24-19-9)18-11(23)12(15,16)17/h1-3,5H,4H2,(H,18,20,23). The molecule has 1 aromatic heterocycles. The minimum atomic E-state index is -5.13. The maximum atomic E-state index is 13.1. The molecule has 0 saturated carbocycles. The van der Waals surface area contributed by atoms with Gasteiger partial charge in [-0.3, -0.25) is 14.9 Å². The van der Waals surface area contributed by atoms with E-state index in [0.29, 0.717) is 6.41 Å². The van der Waals surface area contributed by atoms with Crippen LogP contribution in [0.5, 0.6) is 0 Å². The van der Waals surface area contributed by atoms with Crippen molar-refractivity contribution < 1.29 is 31.8 Å². The van der Waals surface area contributed by atoms with Gasteiger partial charge < -0.3 is 4.90 Å². The van der Waals surface area contributed by atoms with Crippen LogP contribution in [0.1, 0.15) is 5.69 Å². The Morgan fingerprint density at radius 1 is 1.38 bits per heavy atom. The van der Waals surface area contributed by atoms with E-state index in [1.807, 2.05) is 0 Å². The quantitative estimate of drug-likeness (QED) is 0.649. The van der Waals surface area contributed by atoms with Crippen molar-refractivity contribution in [2.24, 2.45) is 0 Å². The highest BCUT2D eigenvalue weighted by molar-refractivity contribution is 6.31. The van der Waals surface area contributed by atoms with Crippen molar-refractivity contribution >= 4 is 35.4 Å². The summed E-state index contributed by atoms with van der Waals surface area (Å²) >= 11 is 5.60. The van der Waals surface area contributed by atoms with Crippen molar-refractivity contribution in [1.82, 2.24) is 10.3 Å². The number of hydrogen-bond donors (Lipinski definition) is 1. The van der Waals surface area contributed by atoms with E-state index < -0.39 is 30.3 Å². The summed E-state index contributed by atoms with van der Waals surface area (Å²) in [6.45, 7) is -0.400. The van der Waals surface area contributed by atoms with Crippen molar-refractivity contribution in [3.8, 4) is 0 Å². The number of alkyl halides is 3. The smallest absolute Gasteiger partial charge is 0.309 e. The van der Waals surface area contributed by atoms with Crippen LogP contribution in [0.4, 0.5) is 29.1 Å². The summed E-state index contributed by atoms with van der Waals surface area (Å²) in [5.41, 5.74) is -0.104. The van der Waals surface area contributed by atoms with Crippen molar-refractivity contribution in [1.29, 1.82) is 0 Å². The van der Waals surface area contributed by atoms with E-state index in [2.05, 4.69) is 14.9 Å². The molecule has 0 saturated heterocycles. The SMILES string of the molecule is O=CN(Cc1nonc1NC(=O)C(F)(F)F)c1ccc(F)c(Cl)c1. The maximum absolute atomic E-state index is 13.1. The number of amides is 2. The van der Waals surface area contributed by atoms with Crippen molar-refractivity contribution in [3.05, 3.63) is 34.7 Å². The van der Waals surface area contributed by atoms with E-state index in [0.717, 1.165) is 17.0 Å². The molecule has 0 aliphatic carbocycles. The topological polar surface area (TPSA) is 88.3 Å². The molecule has 0 bridgehead atoms. The average molecular weight is 367 g/mol. The molecule has 12 heteroatoms. The fourth-order valence-corrected chi connectivity index (χ4v) is 1.77. The molecule has 2 aromatic rings. The van der Waals surface area contributed by atoms with Crippen molar-refractivity contribution in [2.45, 2.75) is 12.7 Å². The Bertz CT molecular complexity index is 765. The molecule has 0 aliphatic heterocycles. The molecule has 1 N–H and O–H groups in total. The lowest BCUT2D eigenvalue weighted by Crippen LogP contribution is -2.31. The minimum absolute atomic E-state index is 0.146. The van der Waals surface area contributed by atoms with Gasteiger partial charge in [-0.05, 0) is 23.4 Å². The first-order valence-electron chi connectivity index (χ1n) is 6.09. The Kier molecular flexibility index (Phi) is 5.02. The van der Waals surface area contributed by atoms with Crippen LogP contribution < -0.4 is 10.2 Å². The number of nitrogens with one attached hydrogen (secondary N) is 1. The minimum Gasteiger partial charge on any atom is -0.309 e. The predicted octanol–water partition coefficient (Wildman–Crippen LogP) is 2.53. The first-order valence-corrected chi connectivity index (χ1v) is 6.46. The van der Waals surface area contributed by atoms with Gasteiger partial charge in [0.25, 0.3) is 0 Å². The highest BCUT2D eigenvalue weighted by atomic mass is 35.5. The summed E-state index contributed by atoms with van der Waals surface area (Å²) in [6, 6.07) is 3.35. The molecule has 2 rings (SSSR count). The van der Waals surface area contributed by atoms with Gasteiger partial charge >= 0.3 is 12.1 Å². The fourth-order valence-electron chi connectivity index (χ4n) is 1.60. The molecule has 0 radical (unpaired) electrons. The van der Waals surface area contributed by atoms with E-state index in [1.54, 1.807) is 0 Å². The highest BCUT2D eigenvalue weighted by Gasteiger charge is 2.39. The third-order valence-corrected chi connectivity index (χ3v) is 3.02. The number of halogens is 5. The predicted molar refractivity (Wildman–Crippen MR) is 72.6 cm³/mol. The Labute approximate surface area is 136 Å². The highest BCUT2D eigenvalue weighted by Crippen LogP contribution is 2.24. The van der Waals surface area contributed by atoms with E-state index in [4.69, 9.17) is 11.6 Å². The Morgan fingerprint density at radius 3 is 2.67 bits per heavy atom. The van der Waals surface area contributed by atoms with Crippen LogP contribution in [0, 0.1) is 5.82 Å². The third kappa shape index (κ3) is 3.98. The van der Waals surface area contributed by atoms with E-state index >= 15 is 0 Å². The molecule has 0 atom stereocenters. The number of nitrogens with zero attached hydrogens (tertiary/aromatic N) is 3. The second-order valence-electron chi connectivity index (χ2n) is 4.34. The third-order valence-electron chi connectivity index (χ3n) is 2.73. The van der Waals surface area contributed by atoms with Gasteiger partial charge in [-0.25, -0.2) is 9.02 Å². The molecular weight excluding hydrogens is 360 g/mol. The number of anilines is 2. The zero-order chi connectivity index (χ0) is 17.9. The van der Waals surface area contributed by atoms with Crippen LogP contribution in [0.25, 0.3) is 0 Å². The van der Waals surface area contributed by atoms with Gasteiger partial charge in [-0.15, -0.1) is 0 Å². The van der Waals surface area contributed by atoms with Crippen LogP contribution in [0.2, 0.25) is 5.02 Å². The Morgan fingerprint density at radius 2 is 2.08 bits per heavy atom. The molecule has 24 heavy (non-hydrogen) atoms. The molecule has 7 nitrogen and oxygen atoms in total. The lowest BCUT2D eigenvalue weighted by Gasteiger charge is -2.16. The largest absolute Gasteiger partial charge is 0.471 e. The summed E-state index contributed by atoms with van der Waals surface area (Å²) in [5.74, 6) is -3.59. The molecule has 0 spiro atoms. The first kappa shape index (κ1) is 17.7. The lowest BCUT2D eigenvalue weighted by atomic mass is 10.2. The van der Waals surface area contributed by atoms with E-state index in [1.165, 1.54) is 11.4 Å². The summed E-state index contributed by atoms with van der Waals surface area (Å²) in [5, 5.41) is 7.68. The first-order chi connectivity index (χ1) is 11.2. The van der Waals surface area contributed by atoms with Gasteiger partial charge in [0.2, 0.25) is 12.2 Å². The number of carbonyl (C=O) groups is 2. The van der Waals surface area contributed by atoms with Gasteiger partial charge in [-0.1, -0.05) is 16.8 Å². The van der Waals surface area contributed by atoms with Crippen molar-refractivity contribution in [2.75, 3.05) is 10.2 Å². The molecule has 2 amide bonds. The normalized spacial score (nSPS) is 11.2. The number of rotatable bonds is 5. The lowest BCUT2D eigenvalue weighted by molar-refractivity contribution is -0.167. The zero-order valence-electron chi connectivity index (χ0n) is 11.5. The monoisotopic (exact) mass is 366 g/mol. The average Bonchev–Trinajstić information content (AvgIpc) is 2.93. The van der Waals surface area contributed by atoms with Gasteiger partial charge in [0, 0.05) is 5.69 Å². The van der Waals surface area contributed by atoms with Crippen LogP contribution in [0.15, 0.2) is 22.8 Å². The zero-order valence-corrected chi connectivity index (χ0v) is 12.2. The Hall–Kier alpha value is -2.69. The number of hydrogen-bond acceptors (Lipinski definition) is 5. The second-order valence-corrected chi connectivity index (χ2v) is 4.75. The fraction of sp³-hybridized carbons (Fsp3) is 0.167. The summed E-state index contributed by atoms with van der Waals surface area (Å²) in [7, 11) is 0. The summed E-state index contributed by atoms with van der Waals surface area (Å²) < 4.78 is 54.1. The molecule has 1 aromatic carbocycles. The van der Waals surface area contributed by atoms with E-state index in [-0.39, 0.29) is 16.4 Å². The van der Waals surface area contributed by atoms with Crippen molar-refractivity contribution in [3.63, 3.8) is 0 Å².